The van der Waals surface area contributed by atoms with E-state index in [1.165, 1.54) is 12.8 Å². The zero-order valence-corrected chi connectivity index (χ0v) is 14.3. The predicted molar refractivity (Wildman–Crippen MR) is 89.0 cm³/mol. The average molecular weight is 379 g/mol. The lowest BCUT2D eigenvalue weighted by Gasteiger charge is -2.43. The summed E-state index contributed by atoms with van der Waals surface area (Å²) in [5.41, 5.74) is 0.517. The molecule has 0 bridgehead atoms. The number of hydrogen-bond acceptors (Lipinski definition) is 5. The number of halogens is 1. The van der Waals surface area contributed by atoms with E-state index >= 15 is 0 Å². The number of carbonyl (C=O) groups is 1. The number of hydrogen-bond donors (Lipinski definition) is 2. The molecule has 6 nitrogen and oxygen atoms in total. The normalized spacial score (nSPS) is 23.2. The first-order chi connectivity index (χ1) is 11.0. The van der Waals surface area contributed by atoms with E-state index < -0.39 is 5.97 Å². The fourth-order valence-electron chi connectivity index (χ4n) is 2.99. The Morgan fingerprint density at radius 2 is 2.26 bits per heavy atom. The fourth-order valence-corrected chi connectivity index (χ4v) is 3.32. The maximum Gasteiger partial charge on any atom is 0.317 e. The molecule has 0 spiro atoms. The van der Waals surface area contributed by atoms with Crippen LogP contribution in [0, 0.1) is 17.2 Å². The van der Waals surface area contributed by atoms with Gasteiger partial charge in [0.15, 0.2) is 0 Å². The lowest BCUT2D eigenvalue weighted by Crippen LogP contribution is -2.52. The van der Waals surface area contributed by atoms with Gasteiger partial charge in [0.05, 0.1) is 12.1 Å². The van der Waals surface area contributed by atoms with E-state index in [2.05, 4.69) is 37.2 Å². The van der Waals surface area contributed by atoms with Crippen molar-refractivity contribution in [2.24, 2.45) is 5.92 Å². The Morgan fingerprint density at radius 1 is 1.52 bits per heavy atom. The summed E-state index contributed by atoms with van der Waals surface area (Å²) in [4.78, 5) is 17.4. The summed E-state index contributed by atoms with van der Waals surface area (Å²) in [7, 11) is 0. The van der Waals surface area contributed by atoms with Crippen LogP contribution in [-0.4, -0.2) is 46.1 Å². The minimum absolute atomic E-state index is 0.119. The third kappa shape index (κ3) is 4.21. The van der Waals surface area contributed by atoms with Crippen molar-refractivity contribution in [3.05, 3.63) is 22.3 Å². The first kappa shape index (κ1) is 16.2. The first-order valence-corrected chi connectivity index (χ1v) is 8.62. The molecule has 3 rings (SSSR count). The van der Waals surface area contributed by atoms with E-state index in [1.807, 2.05) is 0 Å². The highest BCUT2D eigenvalue weighted by molar-refractivity contribution is 9.10. The Kier molecular flexibility index (Phi) is 4.83. The molecule has 0 radical (unpaired) electrons. The van der Waals surface area contributed by atoms with Gasteiger partial charge in [-0.05, 0) is 53.6 Å². The number of pyridine rings is 1. The largest absolute Gasteiger partial charge is 0.480 e. The van der Waals surface area contributed by atoms with Crippen LogP contribution in [0.1, 0.15) is 31.2 Å². The predicted octanol–water partition coefficient (Wildman–Crippen LogP) is 2.46. The minimum atomic E-state index is -0.761. The Bertz CT molecular complexity index is 635. The van der Waals surface area contributed by atoms with Crippen molar-refractivity contribution in [3.63, 3.8) is 0 Å². The van der Waals surface area contributed by atoms with Gasteiger partial charge < -0.3 is 10.4 Å². The van der Waals surface area contributed by atoms with Crippen LogP contribution in [-0.2, 0) is 4.79 Å². The van der Waals surface area contributed by atoms with Gasteiger partial charge in [-0.3, -0.25) is 9.69 Å². The summed E-state index contributed by atoms with van der Waals surface area (Å²) in [5, 5.41) is 21.5. The number of carboxylic acid groups (broad SMARTS) is 1. The molecule has 23 heavy (non-hydrogen) atoms. The van der Waals surface area contributed by atoms with Crippen molar-refractivity contribution in [2.75, 3.05) is 18.4 Å². The molecule has 1 aromatic heterocycles. The topological polar surface area (TPSA) is 89.3 Å². The van der Waals surface area contributed by atoms with Gasteiger partial charge in [-0.2, -0.15) is 5.26 Å². The number of carboxylic acids is 1. The van der Waals surface area contributed by atoms with E-state index in [1.54, 1.807) is 12.3 Å². The number of nitrogens with one attached hydrogen (secondary N) is 1. The molecule has 2 aliphatic rings. The number of aromatic nitrogens is 1. The van der Waals surface area contributed by atoms with E-state index in [-0.39, 0.29) is 12.6 Å². The molecule has 0 saturated heterocycles. The van der Waals surface area contributed by atoms with Gasteiger partial charge in [0, 0.05) is 29.3 Å². The smallest absolute Gasteiger partial charge is 0.317 e. The van der Waals surface area contributed by atoms with Crippen LogP contribution in [0.2, 0.25) is 0 Å². The van der Waals surface area contributed by atoms with Crippen molar-refractivity contribution in [1.29, 1.82) is 5.26 Å². The van der Waals surface area contributed by atoms with Gasteiger partial charge in [-0.15, -0.1) is 0 Å². The second-order valence-electron chi connectivity index (χ2n) is 6.39. The molecule has 0 amide bonds. The number of nitriles is 1. The number of aliphatic carboxylic acids is 1. The van der Waals surface area contributed by atoms with Crippen molar-refractivity contribution in [1.82, 2.24) is 9.88 Å². The van der Waals surface area contributed by atoms with Gasteiger partial charge in [-0.25, -0.2) is 4.98 Å². The second kappa shape index (κ2) is 6.85. The van der Waals surface area contributed by atoms with Crippen LogP contribution in [0.4, 0.5) is 5.82 Å². The van der Waals surface area contributed by atoms with Gasteiger partial charge in [0.2, 0.25) is 0 Å². The molecular formula is C16H19BrN4O2. The third-order valence-electron chi connectivity index (χ3n) is 4.47. The van der Waals surface area contributed by atoms with Crippen LogP contribution in [0.15, 0.2) is 16.7 Å². The zero-order valence-electron chi connectivity index (χ0n) is 12.7. The Balaban J connectivity index is 1.55. The molecule has 1 heterocycles. The molecule has 7 heteroatoms. The standard InChI is InChI=1S/C16H19BrN4O2/c17-12-3-11(6-18)16(19-7-12)20-13-4-14(5-13)21(9-15(22)23)8-10-1-2-10/h3,7,10,13-14H,1-2,4-5,8-9H2,(H,19,20)(H,22,23). The Hall–Kier alpha value is -1.65. The first-order valence-electron chi connectivity index (χ1n) is 7.83. The van der Waals surface area contributed by atoms with Crippen LogP contribution < -0.4 is 5.32 Å². The average Bonchev–Trinajstić information content (AvgIpc) is 3.26. The van der Waals surface area contributed by atoms with Gasteiger partial charge in [-0.1, -0.05) is 0 Å². The molecular weight excluding hydrogens is 360 g/mol. The highest BCUT2D eigenvalue weighted by atomic mass is 79.9. The highest BCUT2D eigenvalue weighted by Gasteiger charge is 2.37. The van der Waals surface area contributed by atoms with Gasteiger partial charge >= 0.3 is 5.97 Å². The summed E-state index contributed by atoms with van der Waals surface area (Å²) >= 11 is 3.31. The van der Waals surface area contributed by atoms with Crippen LogP contribution in [0.3, 0.4) is 0 Å². The summed E-state index contributed by atoms with van der Waals surface area (Å²) in [6.07, 6.45) is 5.89. The van der Waals surface area contributed by atoms with E-state index in [4.69, 9.17) is 10.4 Å². The Labute approximate surface area is 143 Å². The lowest BCUT2D eigenvalue weighted by molar-refractivity contribution is -0.139. The summed E-state index contributed by atoms with van der Waals surface area (Å²) in [5.74, 6) is 0.522. The lowest BCUT2D eigenvalue weighted by atomic mass is 9.85. The molecule has 2 saturated carbocycles. The maximum atomic E-state index is 11.0. The van der Waals surface area contributed by atoms with E-state index in [9.17, 15) is 4.79 Å². The van der Waals surface area contributed by atoms with Crippen molar-refractivity contribution in [3.8, 4) is 6.07 Å². The molecule has 2 fully saturated rings. The third-order valence-corrected chi connectivity index (χ3v) is 4.91. The molecule has 2 N–H and O–H groups in total. The summed E-state index contributed by atoms with van der Waals surface area (Å²) in [6.45, 7) is 1.01. The summed E-state index contributed by atoms with van der Waals surface area (Å²) in [6, 6.07) is 4.44. The van der Waals surface area contributed by atoms with Crippen LogP contribution in [0.5, 0.6) is 0 Å². The monoisotopic (exact) mass is 378 g/mol. The highest BCUT2D eigenvalue weighted by Crippen LogP contribution is 2.34. The van der Waals surface area contributed by atoms with Crippen LogP contribution >= 0.6 is 15.9 Å². The van der Waals surface area contributed by atoms with Crippen molar-refractivity contribution >= 4 is 27.7 Å². The van der Waals surface area contributed by atoms with E-state index in [0.717, 1.165) is 23.9 Å². The van der Waals surface area contributed by atoms with Gasteiger partial charge in [0.1, 0.15) is 11.9 Å². The maximum absolute atomic E-state index is 11.0. The molecule has 0 aliphatic heterocycles. The number of anilines is 1. The van der Waals surface area contributed by atoms with E-state index in [0.29, 0.717) is 23.3 Å². The molecule has 0 atom stereocenters. The second-order valence-corrected chi connectivity index (χ2v) is 7.31. The van der Waals surface area contributed by atoms with Crippen LogP contribution in [0.25, 0.3) is 0 Å². The van der Waals surface area contributed by atoms with Crippen molar-refractivity contribution < 1.29 is 9.90 Å². The fraction of sp³-hybridized carbons (Fsp3) is 0.562. The van der Waals surface area contributed by atoms with Crippen molar-refractivity contribution in [2.45, 2.75) is 37.8 Å². The summed E-state index contributed by atoms with van der Waals surface area (Å²) < 4.78 is 0.781. The SMILES string of the molecule is N#Cc1cc(Br)cnc1NC1CC(N(CC(=O)O)CC2CC2)C1. The minimum Gasteiger partial charge on any atom is -0.480 e. The number of nitrogens with zero attached hydrogens (tertiary/aromatic N) is 3. The zero-order chi connectivity index (χ0) is 16.4. The molecule has 0 unspecified atom stereocenters. The molecule has 122 valence electrons. The van der Waals surface area contributed by atoms with Gasteiger partial charge in [0.25, 0.3) is 0 Å². The molecule has 0 aromatic carbocycles. The quantitative estimate of drug-likeness (QED) is 0.757. The molecule has 2 aliphatic carbocycles. The number of rotatable bonds is 7. The molecule has 1 aromatic rings. The Morgan fingerprint density at radius 3 is 2.87 bits per heavy atom.